The van der Waals surface area contributed by atoms with Crippen molar-refractivity contribution in [1.82, 2.24) is 15.1 Å². The Hall–Kier alpha value is -1.71. The second-order valence-corrected chi connectivity index (χ2v) is 4.43. The monoisotopic (exact) mass is 203 g/mol. The van der Waals surface area contributed by atoms with Gasteiger partial charge in [-0.15, -0.1) is 0 Å². The smallest absolute Gasteiger partial charge is 0.133 e. The average Bonchev–Trinajstić information content (AvgIpc) is 2.69. The Labute approximate surface area is 88.4 Å². The topological polar surface area (TPSA) is 51.8 Å². The van der Waals surface area contributed by atoms with Gasteiger partial charge in [-0.2, -0.15) is 0 Å². The van der Waals surface area contributed by atoms with Crippen molar-refractivity contribution in [3.63, 3.8) is 0 Å². The van der Waals surface area contributed by atoms with Crippen LogP contribution in [0, 0.1) is 0 Å². The van der Waals surface area contributed by atoms with Gasteiger partial charge in [0.1, 0.15) is 17.8 Å². The second kappa shape index (κ2) is 3.46. The molecule has 0 radical (unpaired) electrons. The SMILES string of the molecule is CC(C)(C)c1ncc(-c2ccon2)cn1. The molecule has 2 aromatic rings. The zero-order valence-corrected chi connectivity index (χ0v) is 9.06. The van der Waals surface area contributed by atoms with E-state index in [2.05, 4.69) is 35.9 Å². The first-order valence-corrected chi connectivity index (χ1v) is 4.80. The predicted octanol–water partition coefficient (Wildman–Crippen LogP) is 2.43. The summed E-state index contributed by atoms with van der Waals surface area (Å²) in [7, 11) is 0. The molecule has 15 heavy (non-hydrogen) atoms. The van der Waals surface area contributed by atoms with Crippen LogP contribution in [0.3, 0.4) is 0 Å². The number of hydrogen-bond donors (Lipinski definition) is 0. The maximum Gasteiger partial charge on any atom is 0.133 e. The highest BCUT2D eigenvalue weighted by Gasteiger charge is 2.16. The van der Waals surface area contributed by atoms with Crippen molar-refractivity contribution in [2.45, 2.75) is 26.2 Å². The summed E-state index contributed by atoms with van der Waals surface area (Å²) in [5, 5.41) is 3.82. The molecule has 0 saturated carbocycles. The molecule has 0 aliphatic heterocycles. The van der Waals surface area contributed by atoms with Gasteiger partial charge < -0.3 is 4.52 Å². The maximum absolute atomic E-state index is 4.76. The lowest BCUT2D eigenvalue weighted by Crippen LogP contribution is -2.15. The minimum Gasteiger partial charge on any atom is -0.364 e. The van der Waals surface area contributed by atoms with Gasteiger partial charge in [0.25, 0.3) is 0 Å². The summed E-state index contributed by atoms with van der Waals surface area (Å²) < 4.78 is 4.76. The summed E-state index contributed by atoms with van der Waals surface area (Å²) in [6.45, 7) is 6.24. The van der Waals surface area contributed by atoms with Crippen LogP contribution in [0.25, 0.3) is 11.3 Å². The number of hydrogen-bond acceptors (Lipinski definition) is 4. The number of rotatable bonds is 1. The Morgan fingerprint density at radius 2 is 1.80 bits per heavy atom. The third kappa shape index (κ3) is 2.03. The average molecular weight is 203 g/mol. The fourth-order valence-electron chi connectivity index (χ4n) is 1.21. The summed E-state index contributed by atoms with van der Waals surface area (Å²) in [4.78, 5) is 8.63. The summed E-state index contributed by atoms with van der Waals surface area (Å²) >= 11 is 0. The van der Waals surface area contributed by atoms with E-state index in [0.29, 0.717) is 0 Å². The number of nitrogens with zero attached hydrogens (tertiary/aromatic N) is 3. The highest BCUT2D eigenvalue weighted by atomic mass is 16.5. The van der Waals surface area contributed by atoms with E-state index in [-0.39, 0.29) is 5.41 Å². The third-order valence-electron chi connectivity index (χ3n) is 2.06. The van der Waals surface area contributed by atoms with Crippen molar-refractivity contribution < 1.29 is 4.52 Å². The van der Waals surface area contributed by atoms with E-state index in [1.807, 2.05) is 0 Å². The van der Waals surface area contributed by atoms with Crippen molar-refractivity contribution in [3.05, 3.63) is 30.5 Å². The van der Waals surface area contributed by atoms with Crippen LogP contribution in [0.5, 0.6) is 0 Å². The van der Waals surface area contributed by atoms with Crippen LogP contribution in [0.4, 0.5) is 0 Å². The molecule has 0 N–H and O–H groups in total. The van der Waals surface area contributed by atoms with Crippen molar-refractivity contribution in [1.29, 1.82) is 0 Å². The van der Waals surface area contributed by atoms with E-state index >= 15 is 0 Å². The molecule has 0 unspecified atom stereocenters. The summed E-state index contributed by atoms with van der Waals surface area (Å²) in [6, 6.07) is 1.79. The van der Waals surface area contributed by atoms with Crippen molar-refractivity contribution in [2.75, 3.05) is 0 Å². The van der Waals surface area contributed by atoms with Gasteiger partial charge in [-0.1, -0.05) is 25.9 Å². The normalized spacial score (nSPS) is 11.7. The van der Waals surface area contributed by atoms with Crippen LogP contribution < -0.4 is 0 Å². The molecule has 4 nitrogen and oxygen atoms in total. The molecule has 2 aromatic heterocycles. The first kappa shape index (κ1) is 9.83. The molecule has 0 fully saturated rings. The molecule has 78 valence electrons. The fraction of sp³-hybridized carbons (Fsp3) is 0.364. The quantitative estimate of drug-likeness (QED) is 0.714. The standard InChI is InChI=1S/C11H13N3O/c1-11(2,3)10-12-6-8(7-13-10)9-4-5-15-14-9/h4-7H,1-3H3. The summed E-state index contributed by atoms with van der Waals surface area (Å²) in [5.41, 5.74) is 1.61. The Morgan fingerprint density at radius 3 is 2.27 bits per heavy atom. The largest absolute Gasteiger partial charge is 0.364 e. The van der Waals surface area contributed by atoms with Gasteiger partial charge in [-0.3, -0.25) is 0 Å². The van der Waals surface area contributed by atoms with E-state index in [9.17, 15) is 0 Å². The zero-order valence-electron chi connectivity index (χ0n) is 9.06. The maximum atomic E-state index is 4.76. The van der Waals surface area contributed by atoms with Crippen LogP contribution in [0.2, 0.25) is 0 Å². The van der Waals surface area contributed by atoms with Gasteiger partial charge >= 0.3 is 0 Å². The summed E-state index contributed by atoms with van der Waals surface area (Å²) in [6.07, 6.45) is 5.07. The highest BCUT2D eigenvalue weighted by molar-refractivity contribution is 5.55. The molecule has 0 amide bonds. The Kier molecular flexibility index (Phi) is 2.26. The van der Waals surface area contributed by atoms with E-state index < -0.39 is 0 Å². The molecule has 0 bridgehead atoms. The molecular weight excluding hydrogens is 190 g/mol. The Balaban J connectivity index is 2.33. The molecule has 0 atom stereocenters. The molecule has 0 aliphatic rings. The zero-order chi connectivity index (χ0) is 10.9. The third-order valence-corrected chi connectivity index (χ3v) is 2.06. The molecule has 0 spiro atoms. The molecule has 2 heterocycles. The molecule has 0 saturated heterocycles. The van der Waals surface area contributed by atoms with Gasteiger partial charge in [0.15, 0.2) is 0 Å². The van der Waals surface area contributed by atoms with Crippen LogP contribution in [0.15, 0.2) is 29.2 Å². The van der Waals surface area contributed by atoms with E-state index in [1.165, 1.54) is 6.26 Å². The van der Waals surface area contributed by atoms with Crippen molar-refractivity contribution >= 4 is 0 Å². The van der Waals surface area contributed by atoms with Crippen LogP contribution >= 0.6 is 0 Å². The van der Waals surface area contributed by atoms with E-state index in [0.717, 1.165) is 17.1 Å². The molecule has 0 aromatic carbocycles. The van der Waals surface area contributed by atoms with E-state index in [4.69, 9.17) is 4.52 Å². The van der Waals surface area contributed by atoms with Gasteiger partial charge in [0.05, 0.1) is 0 Å². The predicted molar refractivity (Wildman–Crippen MR) is 56.2 cm³/mol. The Bertz CT molecular complexity index is 426. The lowest BCUT2D eigenvalue weighted by molar-refractivity contribution is 0.422. The lowest BCUT2D eigenvalue weighted by Gasteiger charge is -2.15. The lowest BCUT2D eigenvalue weighted by atomic mass is 9.96. The second-order valence-electron chi connectivity index (χ2n) is 4.43. The van der Waals surface area contributed by atoms with Crippen molar-refractivity contribution in [2.24, 2.45) is 0 Å². The van der Waals surface area contributed by atoms with Crippen LogP contribution in [0.1, 0.15) is 26.6 Å². The minimum absolute atomic E-state index is 0.0254. The Morgan fingerprint density at radius 1 is 1.13 bits per heavy atom. The van der Waals surface area contributed by atoms with Crippen molar-refractivity contribution in [3.8, 4) is 11.3 Å². The summed E-state index contributed by atoms with van der Waals surface area (Å²) in [5.74, 6) is 0.828. The van der Waals surface area contributed by atoms with Gasteiger partial charge in [0, 0.05) is 29.4 Å². The molecule has 0 aliphatic carbocycles. The van der Waals surface area contributed by atoms with Gasteiger partial charge in [-0.25, -0.2) is 9.97 Å². The molecule has 4 heteroatoms. The fourth-order valence-corrected chi connectivity index (χ4v) is 1.21. The van der Waals surface area contributed by atoms with Gasteiger partial charge in [0.2, 0.25) is 0 Å². The molecule has 2 rings (SSSR count). The number of aromatic nitrogens is 3. The first-order valence-electron chi connectivity index (χ1n) is 4.80. The first-order chi connectivity index (χ1) is 7.07. The molecular formula is C11H13N3O. The van der Waals surface area contributed by atoms with E-state index in [1.54, 1.807) is 18.5 Å². The van der Waals surface area contributed by atoms with Crippen LogP contribution in [-0.4, -0.2) is 15.1 Å². The minimum atomic E-state index is -0.0254. The van der Waals surface area contributed by atoms with Crippen LogP contribution in [-0.2, 0) is 5.41 Å². The van der Waals surface area contributed by atoms with Gasteiger partial charge in [-0.05, 0) is 0 Å². The highest BCUT2D eigenvalue weighted by Crippen LogP contribution is 2.20.